The summed E-state index contributed by atoms with van der Waals surface area (Å²) in [6, 6.07) is 18.4. The predicted molar refractivity (Wildman–Crippen MR) is 106 cm³/mol. The zero-order valence-corrected chi connectivity index (χ0v) is 15.1. The SMILES string of the molecule is NC(=S)c1cccc(OCCCCCCCCc2ccccc2)c1. The molecule has 2 rings (SSSR count). The number of benzene rings is 2. The van der Waals surface area contributed by atoms with Crippen LogP contribution >= 0.6 is 12.2 Å². The fraction of sp³-hybridized carbons (Fsp3) is 0.381. The zero-order chi connectivity index (χ0) is 17.0. The maximum atomic E-state index is 5.77. The second kappa shape index (κ2) is 10.8. The molecule has 128 valence electrons. The molecule has 24 heavy (non-hydrogen) atoms. The van der Waals surface area contributed by atoms with Gasteiger partial charge in [0.05, 0.1) is 6.61 Å². The number of ether oxygens (including phenoxy) is 1. The third-order valence-electron chi connectivity index (χ3n) is 4.09. The molecule has 2 aromatic rings. The fourth-order valence-corrected chi connectivity index (χ4v) is 2.84. The summed E-state index contributed by atoms with van der Waals surface area (Å²) >= 11 is 4.98. The van der Waals surface area contributed by atoms with Crippen molar-refractivity contribution in [1.82, 2.24) is 0 Å². The molecule has 0 saturated heterocycles. The molecule has 0 bridgehead atoms. The van der Waals surface area contributed by atoms with E-state index in [1.54, 1.807) is 0 Å². The lowest BCUT2D eigenvalue weighted by Crippen LogP contribution is -2.09. The smallest absolute Gasteiger partial charge is 0.119 e. The van der Waals surface area contributed by atoms with Gasteiger partial charge in [-0.2, -0.15) is 0 Å². The van der Waals surface area contributed by atoms with Crippen LogP contribution in [0.5, 0.6) is 5.75 Å². The number of unbranched alkanes of at least 4 members (excludes halogenated alkanes) is 5. The standard InChI is InChI=1S/C21H27NOS/c22-21(24)19-14-10-15-20(17-19)23-16-9-4-2-1-3-6-11-18-12-7-5-8-13-18/h5,7-8,10,12-15,17H,1-4,6,9,11,16H2,(H2,22,24). The second-order valence-corrected chi connectivity index (χ2v) is 6.54. The number of aryl methyl sites for hydroxylation is 1. The molecular formula is C21H27NOS. The monoisotopic (exact) mass is 341 g/mol. The van der Waals surface area contributed by atoms with E-state index >= 15 is 0 Å². The molecule has 0 atom stereocenters. The van der Waals surface area contributed by atoms with Crippen LogP contribution in [0.4, 0.5) is 0 Å². The molecule has 0 unspecified atom stereocenters. The second-order valence-electron chi connectivity index (χ2n) is 6.10. The number of nitrogens with two attached hydrogens (primary N) is 1. The summed E-state index contributed by atoms with van der Waals surface area (Å²) in [6.07, 6.45) is 8.70. The summed E-state index contributed by atoms with van der Waals surface area (Å²) in [7, 11) is 0. The summed E-state index contributed by atoms with van der Waals surface area (Å²) in [5.41, 5.74) is 7.94. The van der Waals surface area contributed by atoms with Crippen LogP contribution in [0.1, 0.15) is 49.7 Å². The molecule has 0 aliphatic heterocycles. The zero-order valence-electron chi connectivity index (χ0n) is 14.2. The molecule has 0 aromatic heterocycles. The van der Waals surface area contributed by atoms with Gasteiger partial charge in [-0.3, -0.25) is 0 Å². The van der Waals surface area contributed by atoms with Gasteiger partial charge in [0.2, 0.25) is 0 Å². The molecule has 0 heterocycles. The summed E-state index contributed by atoms with van der Waals surface area (Å²) in [4.78, 5) is 0.413. The van der Waals surface area contributed by atoms with Crippen LogP contribution in [-0.2, 0) is 6.42 Å². The van der Waals surface area contributed by atoms with Crippen LogP contribution in [0.3, 0.4) is 0 Å². The largest absolute Gasteiger partial charge is 0.494 e. The van der Waals surface area contributed by atoms with Gasteiger partial charge in [0.1, 0.15) is 10.7 Å². The van der Waals surface area contributed by atoms with Crippen molar-refractivity contribution >= 4 is 17.2 Å². The predicted octanol–water partition coefficient (Wildman–Crippen LogP) is 5.28. The number of hydrogen-bond donors (Lipinski definition) is 1. The molecule has 0 aliphatic carbocycles. The van der Waals surface area contributed by atoms with Crippen molar-refractivity contribution in [3.05, 3.63) is 65.7 Å². The van der Waals surface area contributed by atoms with Gasteiger partial charge in [-0.1, -0.05) is 80.4 Å². The lowest BCUT2D eigenvalue weighted by atomic mass is 10.1. The quantitative estimate of drug-likeness (QED) is 0.446. The maximum Gasteiger partial charge on any atom is 0.119 e. The Morgan fingerprint density at radius 3 is 2.29 bits per heavy atom. The summed E-state index contributed by atoms with van der Waals surface area (Å²) in [6.45, 7) is 0.755. The highest BCUT2D eigenvalue weighted by atomic mass is 32.1. The summed E-state index contributed by atoms with van der Waals surface area (Å²) in [5.74, 6) is 0.850. The molecule has 2 N–H and O–H groups in total. The van der Waals surface area contributed by atoms with Gasteiger partial charge in [0.25, 0.3) is 0 Å². The van der Waals surface area contributed by atoms with E-state index < -0.39 is 0 Å². The van der Waals surface area contributed by atoms with Crippen LogP contribution in [0.25, 0.3) is 0 Å². The van der Waals surface area contributed by atoms with Crippen molar-refractivity contribution in [3.8, 4) is 5.75 Å². The first-order valence-corrected chi connectivity index (χ1v) is 9.23. The third kappa shape index (κ3) is 7.14. The summed E-state index contributed by atoms with van der Waals surface area (Å²) < 4.78 is 5.77. The van der Waals surface area contributed by atoms with Gasteiger partial charge in [-0.15, -0.1) is 0 Å². The van der Waals surface area contributed by atoms with Crippen LogP contribution in [0, 0.1) is 0 Å². The van der Waals surface area contributed by atoms with Crippen molar-refractivity contribution in [3.63, 3.8) is 0 Å². The van der Waals surface area contributed by atoms with E-state index in [1.165, 1.54) is 44.1 Å². The molecule has 0 amide bonds. The minimum atomic E-state index is 0.413. The average molecular weight is 342 g/mol. The van der Waals surface area contributed by atoms with Crippen molar-refractivity contribution in [2.24, 2.45) is 5.73 Å². The first-order chi connectivity index (χ1) is 11.8. The Morgan fingerprint density at radius 2 is 1.54 bits per heavy atom. The molecule has 0 saturated carbocycles. The molecule has 0 spiro atoms. The molecule has 2 nitrogen and oxygen atoms in total. The Labute approximate surface area is 151 Å². The highest BCUT2D eigenvalue weighted by Gasteiger charge is 1.99. The Kier molecular flexibility index (Phi) is 8.33. The normalized spacial score (nSPS) is 10.5. The average Bonchev–Trinajstić information content (AvgIpc) is 2.61. The third-order valence-corrected chi connectivity index (χ3v) is 4.33. The molecule has 0 fully saturated rings. The van der Waals surface area contributed by atoms with Gasteiger partial charge >= 0.3 is 0 Å². The molecule has 0 radical (unpaired) electrons. The van der Waals surface area contributed by atoms with E-state index in [4.69, 9.17) is 22.7 Å². The molecule has 3 heteroatoms. The van der Waals surface area contributed by atoms with Crippen LogP contribution in [-0.4, -0.2) is 11.6 Å². The van der Waals surface area contributed by atoms with Crippen molar-refractivity contribution in [1.29, 1.82) is 0 Å². The van der Waals surface area contributed by atoms with Gasteiger partial charge in [-0.05, 0) is 37.0 Å². The van der Waals surface area contributed by atoms with E-state index in [9.17, 15) is 0 Å². The van der Waals surface area contributed by atoms with Gasteiger partial charge in [0, 0.05) is 5.56 Å². The molecule has 2 aromatic carbocycles. The van der Waals surface area contributed by atoms with E-state index in [2.05, 4.69) is 30.3 Å². The van der Waals surface area contributed by atoms with Crippen molar-refractivity contribution in [2.45, 2.75) is 44.9 Å². The lowest BCUT2D eigenvalue weighted by molar-refractivity contribution is 0.304. The van der Waals surface area contributed by atoms with Gasteiger partial charge in [-0.25, -0.2) is 0 Å². The highest BCUT2D eigenvalue weighted by molar-refractivity contribution is 7.80. The highest BCUT2D eigenvalue weighted by Crippen LogP contribution is 2.14. The van der Waals surface area contributed by atoms with Crippen LogP contribution < -0.4 is 10.5 Å². The van der Waals surface area contributed by atoms with Gasteiger partial charge < -0.3 is 10.5 Å². The van der Waals surface area contributed by atoms with E-state index in [1.807, 2.05) is 24.3 Å². The minimum Gasteiger partial charge on any atom is -0.494 e. The Hall–Kier alpha value is -1.87. The lowest BCUT2D eigenvalue weighted by Gasteiger charge is -2.07. The molecule has 0 aliphatic rings. The maximum absolute atomic E-state index is 5.77. The Bertz CT molecular complexity index is 612. The number of thiocarbonyl (C=S) groups is 1. The Balaban J connectivity index is 1.48. The van der Waals surface area contributed by atoms with E-state index in [-0.39, 0.29) is 0 Å². The van der Waals surface area contributed by atoms with Crippen molar-refractivity contribution < 1.29 is 4.74 Å². The minimum absolute atomic E-state index is 0.413. The molecular weight excluding hydrogens is 314 g/mol. The number of rotatable bonds is 11. The first-order valence-electron chi connectivity index (χ1n) is 8.82. The Morgan fingerprint density at radius 1 is 0.833 bits per heavy atom. The summed E-state index contributed by atoms with van der Waals surface area (Å²) in [5, 5.41) is 0. The topological polar surface area (TPSA) is 35.2 Å². The first kappa shape index (κ1) is 18.5. The van der Waals surface area contributed by atoms with Crippen molar-refractivity contribution in [2.75, 3.05) is 6.61 Å². The fourth-order valence-electron chi connectivity index (χ4n) is 2.71. The number of hydrogen-bond acceptors (Lipinski definition) is 2. The van der Waals surface area contributed by atoms with E-state index in [0.29, 0.717) is 4.99 Å². The van der Waals surface area contributed by atoms with Crippen LogP contribution in [0.2, 0.25) is 0 Å². The van der Waals surface area contributed by atoms with Gasteiger partial charge in [0.15, 0.2) is 0 Å². The van der Waals surface area contributed by atoms with E-state index in [0.717, 1.165) is 24.3 Å². The van der Waals surface area contributed by atoms with Crippen LogP contribution in [0.15, 0.2) is 54.6 Å².